The lowest BCUT2D eigenvalue weighted by molar-refractivity contribution is 0.237. The van der Waals surface area contributed by atoms with E-state index in [0.717, 1.165) is 111 Å². The third-order valence-electron chi connectivity index (χ3n) is 14.1. The number of aryl methyl sites for hydroxylation is 4. The lowest BCUT2D eigenvalue weighted by atomic mass is 9.94. The Hall–Kier alpha value is -4.79. The number of hydrogen-bond donors (Lipinski definition) is 0. The van der Waals surface area contributed by atoms with Gasteiger partial charge in [0, 0.05) is 37.1 Å². The van der Waals surface area contributed by atoms with Gasteiger partial charge in [0.25, 0.3) is 0 Å². The summed E-state index contributed by atoms with van der Waals surface area (Å²) in [5.74, 6) is 1.41. The molecular weight excluding hydrogens is 921 g/mol. The van der Waals surface area contributed by atoms with Gasteiger partial charge < -0.3 is 31.3 Å². The van der Waals surface area contributed by atoms with E-state index in [-0.39, 0.29) is 11.3 Å². The van der Waals surface area contributed by atoms with Gasteiger partial charge in [0.05, 0.1) is 24.3 Å². The van der Waals surface area contributed by atoms with Crippen LogP contribution in [0, 0.1) is 0 Å². The fourth-order valence-electron chi connectivity index (χ4n) is 9.64. The van der Waals surface area contributed by atoms with Gasteiger partial charge in [-0.2, -0.15) is 0 Å². The number of rotatable bonds is 32. The van der Waals surface area contributed by atoms with Crippen LogP contribution in [0.3, 0.4) is 0 Å². The summed E-state index contributed by atoms with van der Waals surface area (Å²) in [6, 6.07) is 30.3. The normalized spacial score (nSPS) is 13.4. The molecule has 0 fully saturated rings. The van der Waals surface area contributed by atoms with Gasteiger partial charge in [-0.3, -0.25) is 0 Å². The molecule has 11 heteroatoms. The Morgan fingerprint density at radius 1 is 0.451 bits per heavy atom. The molecule has 0 saturated heterocycles. The number of ether oxygens (including phenoxy) is 2. The Kier molecular flexibility index (Phi) is 21.8. The van der Waals surface area contributed by atoms with E-state index < -0.39 is 17.1 Å². The van der Waals surface area contributed by atoms with Crippen LogP contribution in [-0.2, 0) is 38.7 Å². The number of unbranched alkanes of at least 4 members (excludes halogenated alkanes) is 10. The van der Waals surface area contributed by atoms with Crippen LogP contribution in [0.4, 0.5) is 0 Å². The lowest BCUT2D eigenvalue weighted by Crippen LogP contribution is -2.51. The monoisotopic (exact) mass is 1000 g/mol. The molecule has 2 heterocycles. The average Bonchev–Trinajstić information content (AvgIpc) is 3.37. The van der Waals surface area contributed by atoms with Gasteiger partial charge in [-0.15, -0.1) is 0 Å². The zero-order chi connectivity index (χ0) is 50.6. The van der Waals surface area contributed by atoms with Gasteiger partial charge in [-0.05, 0) is 146 Å². The van der Waals surface area contributed by atoms with E-state index in [1.165, 1.54) is 60.8 Å². The molecule has 0 N–H and O–H groups in total. The summed E-state index contributed by atoms with van der Waals surface area (Å²) in [6.45, 7) is 14.2. The predicted octanol–water partition coefficient (Wildman–Crippen LogP) is 15.9. The van der Waals surface area contributed by atoms with Crippen LogP contribution >= 0.6 is 0 Å². The van der Waals surface area contributed by atoms with Crippen molar-refractivity contribution in [2.24, 2.45) is 0 Å². The molecule has 6 rings (SSSR count). The highest BCUT2D eigenvalue weighted by molar-refractivity contribution is 6.80. The lowest BCUT2D eigenvalue weighted by Gasteiger charge is -2.35. The zero-order valence-corrected chi connectivity index (χ0v) is 46.3. The maximum Gasteiger partial charge on any atom is 0.344 e. The molecule has 2 atom stereocenters. The third-order valence-corrected chi connectivity index (χ3v) is 21.8. The average molecular weight is 1000 g/mol. The maximum atomic E-state index is 13.2. The fraction of sp³-hybridized carbons (Fsp3) is 0.500. The Labute approximate surface area is 426 Å². The molecule has 0 aliphatic carbocycles. The van der Waals surface area contributed by atoms with E-state index in [0.29, 0.717) is 47.0 Å². The first-order valence-corrected chi connectivity index (χ1v) is 31.9. The van der Waals surface area contributed by atoms with Gasteiger partial charge in [0.2, 0.25) is 0 Å². The van der Waals surface area contributed by atoms with Crippen molar-refractivity contribution in [2.75, 3.05) is 27.4 Å². The highest BCUT2D eigenvalue weighted by Crippen LogP contribution is 2.31. The van der Waals surface area contributed by atoms with Gasteiger partial charge >= 0.3 is 28.4 Å². The first-order chi connectivity index (χ1) is 34.4. The minimum atomic E-state index is -2.42. The minimum absolute atomic E-state index is 0.322. The van der Waals surface area contributed by atoms with Crippen molar-refractivity contribution in [3.05, 3.63) is 128 Å². The van der Waals surface area contributed by atoms with Crippen molar-refractivity contribution in [1.82, 2.24) is 0 Å². The molecule has 2 unspecified atom stereocenters. The summed E-state index contributed by atoms with van der Waals surface area (Å²) >= 11 is 0. The van der Waals surface area contributed by atoms with Crippen LogP contribution < -0.4 is 20.7 Å². The second-order valence-corrected chi connectivity index (χ2v) is 26.9. The first kappa shape index (κ1) is 55.5. The first-order valence-electron chi connectivity index (χ1n) is 26.9. The molecule has 0 bridgehead atoms. The highest BCUT2D eigenvalue weighted by Gasteiger charge is 2.41. The molecule has 0 amide bonds. The molecular formula is C60H82O9Si2. The van der Waals surface area contributed by atoms with Crippen LogP contribution in [0.15, 0.2) is 103 Å². The molecule has 0 aliphatic heterocycles. The smallest absolute Gasteiger partial charge is 0.344 e. The quantitative estimate of drug-likeness (QED) is 0.0232. The molecule has 71 heavy (non-hydrogen) atoms. The molecule has 6 aromatic rings. The van der Waals surface area contributed by atoms with Gasteiger partial charge in [-0.1, -0.05) is 128 Å². The van der Waals surface area contributed by atoms with Gasteiger partial charge in [0.15, 0.2) is 0 Å². The standard InChI is InChI=1S/C60H82O9Si2/c1-9-13-19-25-45-27-33-53(47(11-3)39-45)55-41-49-29-31-51(43-57(49)67-59(55)61)65-35-21-15-17-23-37-70(7,63-5)69-71(8,64-6)38-24-18-16-22-36-66-52-32-30-50-42-56(60(62)68-58(50)44-52)54-34-28-46(26-20-14-10-2)40-48(54)12-4/h27-34,39-44H,9-26,35-38H2,1-8H3. The second kappa shape index (κ2) is 27.9. The van der Waals surface area contributed by atoms with Crippen molar-refractivity contribution in [1.29, 1.82) is 0 Å². The van der Waals surface area contributed by atoms with Crippen molar-refractivity contribution in [3.8, 4) is 33.8 Å². The van der Waals surface area contributed by atoms with Crippen LogP contribution in [0.1, 0.15) is 140 Å². The molecule has 0 aliphatic rings. The summed E-state index contributed by atoms with van der Waals surface area (Å²) in [7, 11) is -1.29. The van der Waals surface area contributed by atoms with Gasteiger partial charge in [0.1, 0.15) is 22.7 Å². The Morgan fingerprint density at radius 3 is 1.27 bits per heavy atom. The van der Waals surface area contributed by atoms with E-state index >= 15 is 0 Å². The SMILES string of the molecule is CCCCCc1ccc(-c2cc3ccc(OCCCCCC[Si](C)(OC)O[Si](C)(CCCCCCOc4ccc5cc(-c6ccc(CCCCC)cc6CC)c(=O)oc5c4)OC)cc3oc2=O)c(CC)c1. The minimum Gasteiger partial charge on any atom is -0.493 e. The number of benzene rings is 4. The van der Waals surface area contributed by atoms with Crippen LogP contribution in [0.5, 0.6) is 11.5 Å². The van der Waals surface area contributed by atoms with Crippen molar-refractivity contribution in [2.45, 2.75) is 168 Å². The maximum absolute atomic E-state index is 13.2. The van der Waals surface area contributed by atoms with Crippen molar-refractivity contribution < 1.29 is 31.3 Å². The second-order valence-electron chi connectivity index (χ2n) is 19.7. The third kappa shape index (κ3) is 16.1. The topological polar surface area (TPSA) is 107 Å². The Morgan fingerprint density at radius 2 is 0.873 bits per heavy atom. The Balaban J connectivity index is 0.877. The summed E-state index contributed by atoms with van der Waals surface area (Å²) in [4.78, 5) is 26.5. The fourth-order valence-corrected chi connectivity index (χ4v) is 17.0. The summed E-state index contributed by atoms with van der Waals surface area (Å²) in [5.41, 5.74) is 8.57. The highest BCUT2D eigenvalue weighted by atomic mass is 28.5. The number of hydrogen-bond acceptors (Lipinski definition) is 9. The van der Waals surface area contributed by atoms with Crippen LogP contribution in [-0.4, -0.2) is 44.6 Å². The zero-order valence-electron chi connectivity index (χ0n) is 44.3. The van der Waals surface area contributed by atoms with Crippen LogP contribution in [0.2, 0.25) is 25.2 Å². The molecule has 0 saturated carbocycles. The number of fused-ring (bicyclic) bond motifs is 2. The predicted molar refractivity (Wildman–Crippen MR) is 297 cm³/mol. The van der Waals surface area contributed by atoms with E-state index in [1.807, 2.05) is 48.5 Å². The Bertz CT molecular complexity index is 2540. The van der Waals surface area contributed by atoms with E-state index in [4.69, 9.17) is 31.3 Å². The van der Waals surface area contributed by atoms with Crippen LogP contribution in [0.25, 0.3) is 44.2 Å². The van der Waals surface area contributed by atoms with Crippen molar-refractivity contribution >= 4 is 39.1 Å². The molecule has 2 aromatic heterocycles. The molecule has 384 valence electrons. The molecule has 0 radical (unpaired) electrons. The van der Waals surface area contributed by atoms with E-state index in [1.54, 1.807) is 14.2 Å². The van der Waals surface area contributed by atoms with E-state index in [9.17, 15) is 9.59 Å². The summed E-state index contributed by atoms with van der Waals surface area (Å²) in [6.07, 6.45) is 19.1. The molecule has 9 nitrogen and oxygen atoms in total. The molecule has 0 spiro atoms. The summed E-state index contributed by atoms with van der Waals surface area (Å²) in [5, 5.41) is 1.77. The largest absolute Gasteiger partial charge is 0.493 e. The van der Waals surface area contributed by atoms with Gasteiger partial charge in [-0.25, -0.2) is 9.59 Å². The van der Waals surface area contributed by atoms with E-state index in [2.05, 4.69) is 77.2 Å². The summed E-state index contributed by atoms with van der Waals surface area (Å²) < 4.78 is 43.0. The van der Waals surface area contributed by atoms with Crippen molar-refractivity contribution in [3.63, 3.8) is 0 Å². The molecule has 4 aromatic carbocycles.